The van der Waals surface area contributed by atoms with E-state index in [1.54, 1.807) is 25.0 Å². The minimum Gasteiger partial charge on any atom is -0.362 e. The van der Waals surface area contributed by atoms with Crippen molar-refractivity contribution in [3.63, 3.8) is 0 Å². The van der Waals surface area contributed by atoms with E-state index in [4.69, 9.17) is 0 Å². The number of aliphatic imine (C=N–C) groups is 1. The summed E-state index contributed by atoms with van der Waals surface area (Å²) in [5.41, 5.74) is 1.12. The first-order valence-corrected chi connectivity index (χ1v) is 9.53. The van der Waals surface area contributed by atoms with Gasteiger partial charge in [0.1, 0.15) is 11.6 Å². The van der Waals surface area contributed by atoms with E-state index >= 15 is 0 Å². The molecule has 0 aliphatic carbocycles. The SMILES string of the molecule is CN=C(NCCCSc1ccc(F)cc1)NCc1cccnc1N(C)C. The van der Waals surface area contributed by atoms with Gasteiger partial charge < -0.3 is 15.5 Å². The maximum Gasteiger partial charge on any atom is 0.191 e. The molecule has 0 bridgehead atoms. The lowest BCUT2D eigenvalue weighted by Crippen LogP contribution is -2.37. The fraction of sp³-hybridized carbons (Fsp3) is 0.368. The van der Waals surface area contributed by atoms with Crippen LogP contribution in [0.25, 0.3) is 0 Å². The number of anilines is 1. The van der Waals surface area contributed by atoms with Crippen molar-refractivity contribution in [3.05, 3.63) is 54.0 Å². The molecule has 0 radical (unpaired) electrons. The highest BCUT2D eigenvalue weighted by atomic mass is 32.2. The number of nitrogens with one attached hydrogen (secondary N) is 2. The lowest BCUT2D eigenvalue weighted by Gasteiger charge is -2.17. The number of benzene rings is 1. The first kappa shape index (κ1) is 20.0. The summed E-state index contributed by atoms with van der Waals surface area (Å²) < 4.78 is 12.9. The van der Waals surface area contributed by atoms with Crippen LogP contribution in [0.3, 0.4) is 0 Å². The molecule has 140 valence electrons. The molecule has 2 N–H and O–H groups in total. The lowest BCUT2D eigenvalue weighted by molar-refractivity contribution is 0.626. The Kier molecular flexibility index (Phi) is 8.21. The molecular formula is C19H26FN5S. The first-order valence-electron chi connectivity index (χ1n) is 8.54. The van der Waals surface area contributed by atoms with Gasteiger partial charge in [0.25, 0.3) is 0 Å². The van der Waals surface area contributed by atoms with Crippen molar-refractivity contribution in [1.29, 1.82) is 0 Å². The molecule has 0 amide bonds. The Bertz CT molecular complexity index is 703. The van der Waals surface area contributed by atoms with Crippen molar-refractivity contribution < 1.29 is 4.39 Å². The van der Waals surface area contributed by atoms with Gasteiger partial charge in [-0.05, 0) is 42.5 Å². The monoisotopic (exact) mass is 375 g/mol. The van der Waals surface area contributed by atoms with Crippen LogP contribution in [-0.4, -0.2) is 44.4 Å². The Morgan fingerprint density at radius 3 is 2.65 bits per heavy atom. The second-order valence-electron chi connectivity index (χ2n) is 5.89. The standard InChI is InChI=1S/C19H26FN5S/c1-21-19(24-14-15-6-4-11-22-18(15)25(2)3)23-12-5-13-26-17-9-7-16(20)8-10-17/h4,6-11H,5,12-14H2,1-3H3,(H2,21,23,24). The van der Waals surface area contributed by atoms with Gasteiger partial charge in [-0.2, -0.15) is 0 Å². The van der Waals surface area contributed by atoms with Crippen molar-refractivity contribution in [2.45, 2.75) is 17.9 Å². The number of guanidine groups is 1. The van der Waals surface area contributed by atoms with Gasteiger partial charge in [0, 0.05) is 50.9 Å². The normalized spacial score (nSPS) is 11.3. The molecule has 0 aliphatic rings. The molecule has 0 aliphatic heterocycles. The van der Waals surface area contributed by atoms with Crippen molar-refractivity contribution in [2.24, 2.45) is 4.99 Å². The number of hydrogen-bond acceptors (Lipinski definition) is 4. The van der Waals surface area contributed by atoms with Crippen LogP contribution in [0.1, 0.15) is 12.0 Å². The molecule has 0 spiro atoms. The summed E-state index contributed by atoms with van der Waals surface area (Å²) in [6, 6.07) is 10.6. The van der Waals surface area contributed by atoms with Crippen LogP contribution in [0.5, 0.6) is 0 Å². The van der Waals surface area contributed by atoms with Gasteiger partial charge in [-0.25, -0.2) is 9.37 Å². The molecule has 0 atom stereocenters. The third-order valence-corrected chi connectivity index (χ3v) is 4.76. The number of pyridine rings is 1. The quantitative estimate of drug-likeness (QED) is 0.321. The van der Waals surface area contributed by atoms with Gasteiger partial charge in [-0.15, -0.1) is 11.8 Å². The fourth-order valence-electron chi connectivity index (χ4n) is 2.37. The minimum absolute atomic E-state index is 0.197. The molecule has 0 fully saturated rings. The van der Waals surface area contributed by atoms with Crippen molar-refractivity contribution in [1.82, 2.24) is 15.6 Å². The van der Waals surface area contributed by atoms with Crippen molar-refractivity contribution in [2.75, 3.05) is 38.3 Å². The molecular weight excluding hydrogens is 349 g/mol. The Hall–Kier alpha value is -2.28. The fourth-order valence-corrected chi connectivity index (χ4v) is 3.22. The molecule has 1 aromatic heterocycles. The van der Waals surface area contributed by atoms with Crippen LogP contribution in [0.2, 0.25) is 0 Å². The third-order valence-electron chi connectivity index (χ3n) is 3.66. The topological polar surface area (TPSA) is 52.6 Å². The van der Waals surface area contributed by atoms with E-state index in [0.29, 0.717) is 6.54 Å². The van der Waals surface area contributed by atoms with E-state index in [1.165, 1.54) is 12.1 Å². The zero-order valence-electron chi connectivity index (χ0n) is 15.5. The maximum atomic E-state index is 12.9. The molecule has 7 heteroatoms. The number of thioether (sulfide) groups is 1. The van der Waals surface area contributed by atoms with Crippen molar-refractivity contribution >= 4 is 23.5 Å². The Morgan fingerprint density at radius 2 is 1.96 bits per heavy atom. The largest absolute Gasteiger partial charge is 0.362 e. The average Bonchev–Trinajstić information content (AvgIpc) is 2.65. The maximum absolute atomic E-state index is 12.9. The molecule has 5 nitrogen and oxygen atoms in total. The van der Waals surface area contributed by atoms with E-state index in [0.717, 1.165) is 41.0 Å². The predicted molar refractivity (Wildman–Crippen MR) is 109 cm³/mol. The van der Waals surface area contributed by atoms with E-state index in [9.17, 15) is 4.39 Å². The second-order valence-corrected chi connectivity index (χ2v) is 7.06. The van der Waals surface area contributed by atoms with Gasteiger partial charge in [0.15, 0.2) is 5.96 Å². The summed E-state index contributed by atoms with van der Waals surface area (Å²) in [4.78, 5) is 11.7. The highest BCUT2D eigenvalue weighted by molar-refractivity contribution is 7.99. The number of aromatic nitrogens is 1. The third kappa shape index (κ3) is 6.55. The number of hydrogen-bond donors (Lipinski definition) is 2. The summed E-state index contributed by atoms with van der Waals surface area (Å²) in [7, 11) is 5.73. The van der Waals surface area contributed by atoms with Crippen LogP contribution in [0, 0.1) is 5.82 Å². The van der Waals surface area contributed by atoms with E-state index in [1.807, 2.05) is 37.2 Å². The summed E-state index contributed by atoms with van der Waals surface area (Å²) in [6.07, 6.45) is 2.78. The van der Waals surface area contributed by atoms with E-state index in [2.05, 4.69) is 26.7 Å². The van der Waals surface area contributed by atoms with Crippen LogP contribution >= 0.6 is 11.8 Å². The van der Waals surface area contributed by atoms with Crippen LogP contribution in [0.4, 0.5) is 10.2 Å². The second kappa shape index (κ2) is 10.7. The van der Waals surface area contributed by atoms with E-state index < -0.39 is 0 Å². The summed E-state index contributed by atoms with van der Waals surface area (Å²) >= 11 is 1.72. The number of halogens is 1. The Morgan fingerprint density at radius 1 is 1.19 bits per heavy atom. The smallest absolute Gasteiger partial charge is 0.191 e. The Labute approximate surface area is 159 Å². The summed E-state index contributed by atoms with van der Waals surface area (Å²) in [6.45, 7) is 1.48. The van der Waals surface area contributed by atoms with E-state index in [-0.39, 0.29) is 5.82 Å². The molecule has 0 saturated heterocycles. The predicted octanol–water partition coefficient (Wildman–Crippen LogP) is 3.13. The number of rotatable bonds is 8. The molecule has 1 heterocycles. The Balaban J connectivity index is 1.70. The highest BCUT2D eigenvalue weighted by Crippen LogP contribution is 2.18. The number of nitrogens with zero attached hydrogens (tertiary/aromatic N) is 3. The van der Waals surface area contributed by atoms with Gasteiger partial charge in [-0.1, -0.05) is 6.07 Å². The summed E-state index contributed by atoms with van der Waals surface area (Å²) in [5, 5.41) is 6.63. The molecule has 0 unspecified atom stereocenters. The van der Waals surface area contributed by atoms with Crippen LogP contribution < -0.4 is 15.5 Å². The van der Waals surface area contributed by atoms with Crippen LogP contribution in [-0.2, 0) is 6.54 Å². The molecule has 26 heavy (non-hydrogen) atoms. The molecule has 1 aromatic carbocycles. The molecule has 2 rings (SSSR count). The van der Waals surface area contributed by atoms with Crippen molar-refractivity contribution in [3.8, 4) is 0 Å². The summed E-state index contributed by atoms with van der Waals surface area (Å²) in [5.74, 6) is 2.48. The average molecular weight is 376 g/mol. The molecule has 0 saturated carbocycles. The first-order chi connectivity index (χ1) is 12.6. The van der Waals surface area contributed by atoms with Gasteiger partial charge >= 0.3 is 0 Å². The van der Waals surface area contributed by atoms with Gasteiger partial charge in [-0.3, -0.25) is 4.99 Å². The molecule has 2 aromatic rings. The van der Waals surface area contributed by atoms with Crippen LogP contribution in [0.15, 0.2) is 52.5 Å². The zero-order valence-corrected chi connectivity index (χ0v) is 16.3. The van der Waals surface area contributed by atoms with Gasteiger partial charge in [0.2, 0.25) is 0 Å². The van der Waals surface area contributed by atoms with Gasteiger partial charge in [0.05, 0.1) is 0 Å². The zero-order chi connectivity index (χ0) is 18.8. The lowest BCUT2D eigenvalue weighted by atomic mass is 10.2. The minimum atomic E-state index is -0.197. The highest BCUT2D eigenvalue weighted by Gasteiger charge is 2.06.